The van der Waals surface area contributed by atoms with Gasteiger partial charge in [-0.1, -0.05) is 13.8 Å². The van der Waals surface area contributed by atoms with Gasteiger partial charge in [0.15, 0.2) is 0 Å². The third kappa shape index (κ3) is 5.73. The number of carbonyl (C=O) groups is 2. The summed E-state index contributed by atoms with van der Waals surface area (Å²) in [7, 11) is 0. The van der Waals surface area contributed by atoms with Gasteiger partial charge in [0.2, 0.25) is 11.8 Å². The Labute approximate surface area is 120 Å². The van der Waals surface area contributed by atoms with Crippen LogP contribution in [-0.2, 0) is 9.59 Å². The fraction of sp³-hybridized carbons (Fsp3) is 0.467. The van der Waals surface area contributed by atoms with E-state index in [0.29, 0.717) is 5.92 Å². The van der Waals surface area contributed by atoms with Crippen LogP contribution in [0.3, 0.4) is 0 Å². The number of hydrogen-bond donors (Lipinski definition) is 3. The van der Waals surface area contributed by atoms with Crippen molar-refractivity contribution in [3.05, 3.63) is 24.3 Å². The molecule has 0 spiro atoms. The predicted molar refractivity (Wildman–Crippen MR) is 81.7 cm³/mol. The fourth-order valence-corrected chi connectivity index (χ4v) is 1.53. The summed E-state index contributed by atoms with van der Waals surface area (Å²) in [6.07, 6.45) is 0. The smallest absolute Gasteiger partial charge is 0.239 e. The van der Waals surface area contributed by atoms with Crippen molar-refractivity contribution in [2.75, 3.05) is 17.2 Å². The van der Waals surface area contributed by atoms with Gasteiger partial charge in [0.1, 0.15) is 0 Å². The summed E-state index contributed by atoms with van der Waals surface area (Å²) in [4.78, 5) is 22.6. The molecule has 0 aromatic heterocycles. The van der Waals surface area contributed by atoms with Gasteiger partial charge in [0.05, 0.1) is 6.54 Å². The first kappa shape index (κ1) is 16.0. The summed E-state index contributed by atoms with van der Waals surface area (Å²) >= 11 is 0. The van der Waals surface area contributed by atoms with Crippen LogP contribution in [0.1, 0.15) is 27.7 Å². The Balaban J connectivity index is 2.42. The molecule has 3 N–H and O–H groups in total. The van der Waals surface area contributed by atoms with Crippen molar-refractivity contribution in [1.82, 2.24) is 5.32 Å². The van der Waals surface area contributed by atoms with Gasteiger partial charge in [-0.25, -0.2) is 0 Å². The van der Waals surface area contributed by atoms with Crippen LogP contribution < -0.4 is 16.0 Å². The molecule has 1 aromatic carbocycles. The van der Waals surface area contributed by atoms with Gasteiger partial charge >= 0.3 is 0 Å². The van der Waals surface area contributed by atoms with Crippen LogP contribution in [-0.4, -0.2) is 24.4 Å². The topological polar surface area (TPSA) is 70.2 Å². The number of benzene rings is 1. The molecule has 0 radical (unpaired) electrons. The molecule has 0 aliphatic carbocycles. The molecule has 0 saturated heterocycles. The quantitative estimate of drug-likeness (QED) is 0.746. The Morgan fingerprint density at radius 3 is 2.10 bits per heavy atom. The van der Waals surface area contributed by atoms with Crippen LogP contribution in [0.15, 0.2) is 24.3 Å². The monoisotopic (exact) mass is 277 g/mol. The van der Waals surface area contributed by atoms with Crippen molar-refractivity contribution in [2.45, 2.75) is 33.7 Å². The molecule has 0 bridgehead atoms. The molecule has 0 aliphatic heterocycles. The molecule has 110 valence electrons. The number of hydrogen-bond acceptors (Lipinski definition) is 3. The van der Waals surface area contributed by atoms with Crippen LogP contribution in [0, 0.1) is 5.92 Å². The van der Waals surface area contributed by atoms with Crippen molar-refractivity contribution in [3.63, 3.8) is 0 Å². The average Bonchev–Trinajstić information content (AvgIpc) is 2.37. The van der Waals surface area contributed by atoms with Crippen molar-refractivity contribution in [1.29, 1.82) is 0 Å². The highest BCUT2D eigenvalue weighted by molar-refractivity contribution is 5.88. The van der Waals surface area contributed by atoms with Crippen LogP contribution in [0.25, 0.3) is 0 Å². The van der Waals surface area contributed by atoms with Gasteiger partial charge in [-0.05, 0) is 37.1 Å². The minimum atomic E-state index is -0.104. The Kier molecular flexibility index (Phi) is 6.03. The summed E-state index contributed by atoms with van der Waals surface area (Å²) in [6.45, 7) is 7.83. The van der Waals surface area contributed by atoms with E-state index in [1.807, 2.05) is 19.1 Å². The molecule has 0 saturated carbocycles. The predicted octanol–water partition coefficient (Wildman–Crippen LogP) is 2.22. The number of carbonyl (C=O) groups excluding carboxylic acids is 2. The number of anilines is 2. The standard InChI is InChI=1S/C15H23N3O2/c1-10(2)11(3)17-15(20)9-16-13-5-7-14(8-6-13)18-12(4)19/h5-8,10-11,16H,9H2,1-4H3,(H,17,20)(H,18,19). The van der Waals surface area contributed by atoms with Gasteiger partial charge < -0.3 is 16.0 Å². The van der Waals surface area contributed by atoms with Crippen molar-refractivity contribution >= 4 is 23.2 Å². The molecule has 1 atom stereocenters. The largest absolute Gasteiger partial charge is 0.376 e. The van der Waals surface area contributed by atoms with E-state index in [1.54, 1.807) is 12.1 Å². The second-order valence-electron chi connectivity index (χ2n) is 5.21. The zero-order valence-corrected chi connectivity index (χ0v) is 12.5. The van der Waals surface area contributed by atoms with Crippen molar-refractivity contribution in [3.8, 4) is 0 Å². The van der Waals surface area contributed by atoms with E-state index >= 15 is 0 Å². The lowest BCUT2D eigenvalue weighted by Gasteiger charge is -2.17. The molecule has 1 rings (SSSR count). The molecule has 0 heterocycles. The van der Waals surface area contributed by atoms with Crippen molar-refractivity contribution < 1.29 is 9.59 Å². The average molecular weight is 277 g/mol. The van der Waals surface area contributed by atoms with Crippen LogP contribution >= 0.6 is 0 Å². The Bertz CT molecular complexity index is 455. The maximum Gasteiger partial charge on any atom is 0.239 e. The lowest BCUT2D eigenvalue weighted by atomic mass is 10.1. The first-order valence-corrected chi connectivity index (χ1v) is 6.79. The van der Waals surface area contributed by atoms with Gasteiger partial charge in [-0.3, -0.25) is 9.59 Å². The zero-order chi connectivity index (χ0) is 15.1. The third-order valence-corrected chi connectivity index (χ3v) is 3.05. The number of amides is 2. The fourth-order valence-electron chi connectivity index (χ4n) is 1.53. The minimum absolute atomic E-state index is 0.0304. The van der Waals surface area contributed by atoms with Crippen LogP contribution in [0.5, 0.6) is 0 Å². The molecule has 0 aliphatic rings. The summed E-state index contributed by atoms with van der Waals surface area (Å²) < 4.78 is 0. The molecule has 0 fully saturated rings. The number of nitrogens with one attached hydrogen (secondary N) is 3. The van der Waals surface area contributed by atoms with E-state index in [2.05, 4.69) is 29.8 Å². The van der Waals surface area contributed by atoms with Crippen LogP contribution in [0.4, 0.5) is 11.4 Å². The van der Waals surface area contributed by atoms with Gasteiger partial charge in [0.25, 0.3) is 0 Å². The molecule has 20 heavy (non-hydrogen) atoms. The normalized spacial score (nSPS) is 11.8. The summed E-state index contributed by atoms with van der Waals surface area (Å²) in [6, 6.07) is 7.39. The van der Waals surface area contributed by atoms with E-state index in [-0.39, 0.29) is 24.4 Å². The van der Waals surface area contributed by atoms with E-state index < -0.39 is 0 Å². The highest BCUT2D eigenvalue weighted by Gasteiger charge is 2.10. The maximum absolute atomic E-state index is 11.7. The highest BCUT2D eigenvalue weighted by Crippen LogP contribution is 2.13. The van der Waals surface area contributed by atoms with Gasteiger partial charge in [0, 0.05) is 24.3 Å². The van der Waals surface area contributed by atoms with Crippen LogP contribution in [0.2, 0.25) is 0 Å². The van der Waals surface area contributed by atoms with E-state index in [0.717, 1.165) is 11.4 Å². The molecular weight excluding hydrogens is 254 g/mol. The third-order valence-electron chi connectivity index (χ3n) is 3.05. The van der Waals surface area contributed by atoms with Gasteiger partial charge in [-0.15, -0.1) is 0 Å². The zero-order valence-electron chi connectivity index (χ0n) is 12.5. The summed E-state index contributed by atoms with van der Waals surface area (Å²) in [5.41, 5.74) is 1.58. The Morgan fingerprint density at radius 1 is 1.05 bits per heavy atom. The molecule has 5 nitrogen and oxygen atoms in total. The Hall–Kier alpha value is -2.04. The van der Waals surface area contributed by atoms with E-state index in [1.165, 1.54) is 6.92 Å². The summed E-state index contributed by atoms with van der Waals surface area (Å²) in [5.74, 6) is 0.279. The number of rotatable bonds is 6. The van der Waals surface area contributed by atoms with Crippen molar-refractivity contribution in [2.24, 2.45) is 5.92 Å². The second-order valence-corrected chi connectivity index (χ2v) is 5.21. The van der Waals surface area contributed by atoms with E-state index in [9.17, 15) is 9.59 Å². The first-order chi connectivity index (χ1) is 9.38. The molecule has 2 amide bonds. The lowest BCUT2D eigenvalue weighted by molar-refractivity contribution is -0.120. The maximum atomic E-state index is 11.7. The highest BCUT2D eigenvalue weighted by atomic mass is 16.2. The molecule has 5 heteroatoms. The molecule has 1 aromatic rings. The first-order valence-electron chi connectivity index (χ1n) is 6.79. The lowest BCUT2D eigenvalue weighted by Crippen LogP contribution is -2.39. The van der Waals surface area contributed by atoms with E-state index in [4.69, 9.17) is 0 Å². The molecule has 1 unspecified atom stereocenters. The summed E-state index contributed by atoms with van der Waals surface area (Å²) in [5, 5.41) is 8.66. The Morgan fingerprint density at radius 2 is 1.60 bits per heavy atom. The minimum Gasteiger partial charge on any atom is -0.376 e. The SMILES string of the molecule is CC(=O)Nc1ccc(NCC(=O)NC(C)C(C)C)cc1. The molecular formula is C15H23N3O2. The second kappa shape index (κ2) is 7.53. The van der Waals surface area contributed by atoms with Gasteiger partial charge in [-0.2, -0.15) is 0 Å².